The summed E-state index contributed by atoms with van der Waals surface area (Å²) in [6, 6.07) is 13.5. The van der Waals surface area contributed by atoms with Crippen molar-refractivity contribution in [3.63, 3.8) is 0 Å². The Hall–Kier alpha value is -3.17. The summed E-state index contributed by atoms with van der Waals surface area (Å²) in [5.41, 5.74) is 2.43. The lowest BCUT2D eigenvalue weighted by Gasteiger charge is -2.58. The summed E-state index contributed by atoms with van der Waals surface area (Å²) in [6.07, 6.45) is 2.74. The smallest absolute Gasteiger partial charge is 0.242 e. The second kappa shape index (κ2) is 8.40. The minimum Gasteiger partial charge on any atom is -0.394 e. The lowest BCUT2D eigenvalue weighted by atomic mass is 9.73. The molecule has 0 unspecified atom stereocenters. The largest absolute Gasteiger partial charge is 0.394 e. The normalized spacial score (nSPS) is 24.3. The molecule has 32 heavy (non-hydrogen) atoms. The number of piperazine rings is 1. The van der Waals surface area contributed by atoms with Gasteiger partial charge in [-0.05, 0) is 54.7 Å². The van der Waals surface area contributed by atoms with Gasteiger partial charge in [0, 0.05) is 30.0 Å². The van der Waals surface area contributed by atoms with Crippen molar-refractivity contribution in [2.75, 3.05) is 19.7 Å². The molecule has 1 saturated carbocycles. The monoisotopic (exact) mass is 432 g/mol. The molecule has 1 N–H and O–H groups in total. The zero-order valence-electron chi connectivity index (χ0n) is 17.7. The maximum Gasteiger partial charge on any atom is 0.242 e. The van der Waals surface area contributed by atoms with Crippen LogP contribution in [0, 0.1) is 23.6 Å². The molecule has 3 atom stereocenters. The number of halogens is 1. The number of aliphatic hydroxyl groups is 1. The van der Waals surface area contributed by atoms with Gasteiger partial charge in [-0.1, -0.05) is 30.0 Å². The van der Waals surface area contributed by atoms with Crippen LogP contribution >= 0.6 is 0 Å². The van der Waals surface area contributed by atoms with Crippen LogP contribution in [-0.4, -0.2) is 58.5 Å². The fourth-order valence-electron chi connectivity index (χ4n) is 4.89. The minimum atomic E-state index is -0.316. The Morgan fingerprint density at radius 1 is 1.09 bits per heavy atom. The predicted molar refractivity (Wildman–Crippen MR) is 117 cm³/mol. The summed E-state index contributed by atoms with van der Waals surface area (Å²) in [4.78, 5) is 28.7. The van der Waals surface area contributed by atoms with Crippen molar-refractivity contribution in [1.82, 2.24) is 9.80 Å². The molecule has 0 spiro atoms. The van der Waals surface area contributed by atoms with E-state index in [-0.39, 0.29) is 48.8 Å². The van der Waals surface area contributed by atoms with Gasteiger partial charge in [0.1, 0.15) is 5.82 Å². The van der Waals surface area contributed by atoms with Gasteiger partial charge in [-0.25, -0.2) is 4.39 Å². The fraction of sp³-hybridized carbons (Fsp3) is 0.385. The van der Waals surface area contributed by atoms with Gasteiger partial charge in [-0.2, -0.15) is 0 Å². The van der Waals surface area contributed by atoms with Crippen molar-refractivity contribution in [3.8, 4) is 11.8 Å². The van der Waals surface area contributed by atoms with Crippen molar-refractivity contribution in [3.05, 3.63) is 71.0 Å². The summed E-state index contributed by atoms with van der Waals surface area (Å²) in [5, 5.41) is 9.94. The van der Waals surface area contributed by atoms with E-state index in [0.717, 1.165) is 24.0 Å². The zero-order chi connectivity index (χ0) is 22.2. The molecule has 0 radical (unpaired) electrons. The van der Waals surface area contributed by atoms with Crippen LogP contribution in [0.2, 0.25) is 0 Å². The highest BCUT2D eigenvalue weighted by molar-refractivity contribution is 5.88. The van der Waals surface area contributed by atoms with Gasteiger partial charge in [0.2, 0.25) is 11.8 Å². The van der Waals surface area contributed by atoms with Crippen molar-refractivity contribution >= 4 is 11.8 Å². The van der Waals surface area contributed by atoms with Crippen LogP contribution in [0.15, 0.2) is 48.5 Å². The van der Waals surface area contributed by atoms with Crippen molar-refractivity contribution in [1.29, 1.82) is 0 Å². The number of rotatable bonds is 4. The van der Waals surface area contributed by atoms with E-state index in [2.05, 4.69) is 11.8 Å². The molecule has 2 amide bonds. The molecule has 0 aromatic heterocycles. The van der Waals surface area contributed by atoms with E-state index < -0.39 is 0 Å². The van der Waals surface area contributed by atoms with Gasteiger partial charge in [-0.15, -0.1) is 0 Å². The van der Waals surface area contributed by atoms with E-state index in [9.17, 15) is 19.1 Å². The Labute approximate surface area is 186 Å². The number of hydrogen-bond donors (Lipinski definition) is 1. The third kappa shape index (κ3) is 4.01. The van der Waals surface area contributed by atoms with Crippen molar-refractivity contribution in [2.45, 2.75) is 37.3 Å². The molecule has 0 bridgehead atoms. The van der Waals surface area contributed by atoms with Crippen molar-refractivity contribution < 1.29 is 19.1 Å². The first kappa shape index (κ1) is 20.7. The molecule has 2 saturated heterocycles. The topological polar surface area (TPSA) is 60.9 Å². The molecule has 2 aromatic rings. The SMILES string of the molecule is O=C(CC1CC1)N1CC(=O)N2[C@H](C1)[C@H](c1ccc(C#Cc3cccc(F)c3)cc1)[C@@H]2CO. The number of benzene rings is 2. The lowest BCUT2D eigenvalue weighted by molar-refractivity contribution is -0.167. The molecule has 5 nitrogen and oxygen atoms in total. The Balaban J connectivity index is 1.32. The summed E-state index contributed by atoms with van der Waals surface area (Å²) < 4.78 is 13.3. The zero-order valence-corrected chi connectivity index (χ0v) is 17.7. The van der Waals surface area contributed by atoms with Crippen LogP contribution in [0.5, 0.6) is 0 Å². The molecule has 5 rings (SSSR count). The van der Waals surface area contributed by atoms with E-state index in [0.29, 0.717) is 24.4 Å². The van der Waals surface area contributed by atoms with E-state index in [1.807, 2.05) is 24.3 Å². The second-order valence-corrected chi connectivity index (χ2v) is 8.95. The number of hydrogen-bond acceptors (Lipinski definition) is 3. The van der Waals surface area contributed by atoms with Gasteiger partial charge in [0.15, 0.2) is 0 Å². The van der Waals surface area contributed by atoms with Crippen LogP contribution < -0.4 is 0 Å². The Kier molecular flexibility index (Phi) is 5.44. The van der Waals surface area contributed by atoms with Crippen LogP contribution in [0.3, 0.4) is 0 Å². The van der Waals surface area contributed by atoms with E-state index in [1.165, 1.54) is 12.1 Å². The molecule has 3 fully saturated rings. The van der Waals surface area contributed by atoms with Crippen LogP contribution in [0.4, 0.5) is 4.39 Å². The predicted octanol–water partition coefficient (Wildman–Crippen LogP) is 2.52. The third-order valence-corrected chi connectivity index (χ3v) is 6.74. The Morgan fingerprint density at radius 3 is 2.53 bits per heavy atom. The van der Waals surface area contributed by atoms with Crippen molar-refractivity contribution in [2.24, 2.45) is 5.92 Å². The summed E-state index contributed by atoms with van der Waals surface area (Å²) in [5.74, 6) is 6.13. The first-order valence-corrected chi connectivity index (χ1v) is 11.1. The molecule has 2 aromatic carbocycles. The molecule has 3 aliphatic rings. The van der Waals surface area contributed by atoms with Gasteiger partial charge >= 0.3 is 0 Å². The second-order valence-electron chi connectivity index (χ2n) is 8.95. The molecular formula is C26H25FN2O3. The molecule has 1 aliphatic carbocycles. The summed E-state index contributed by atoms with van der Waals surface area (Å²) in [7, 11) is 0. The van der Waals surface area contributed by atoms with Crippen LogP contribution in [-0.2, 0) is 9.59 Å². The van der Waals surface area contributed by atoms with E-state index >= 15 is 0 Å². The highest BCUT2D eigenvalue weighted by atomic mass is 19.1. The Bertz CT molecular complexity index is 1100. The maximum atomic E-state index is 13.3. The highest BCUT2D eigenvalue weighted by Crippen LogP contribution is 2.43. The molecule has 6 heteroatoms. The molecule has 164 valence electrons. The quantitative estimate of drug-likeness (QED) is 0.756. The van der Waals surface area contributed by atoms with Gasteiger partial charge in [0.25, 0.3) is 0 Å². The number of fused-ring (bicyclic) bond motifs is 1. The summed E-state index contributed by atoms with van der Waals surface area (Å²) in [6.45, 7) is 0.517. The number of aliphatic hydroxyl groups excluding tert-OH is 1. The van der Waals surface area contributed by atoms with E-state index in [4.69, 9.17) is 0 Å². The number of nitrogens with zero attached hydrogens (tertiary/aromatic N) is 2. The number of carbonyl (C=O) groups excluding carboxylic acids is 2. The fourth-order valence-corrected chi connectivity index (χ4v) is 4.89. The van der Waals surface area contributed by atoms with Gasteiger partial charge < -0.3 is 14.9 Å². The first-order valence-electron chi connectivity index (χ1n) is 11.1. The summed E-state index contributed by atoms with van der Waals surface area (Å²) >= 11 is 0. The lowest BCUT2D eigenvalue weighted by Crippen LogP contribution is -2.73. The molecule has 2 heterocycles. The number of amides is 2. The average molecular weight is 432 g/mol. The van der Waals surface area contributed by atoms with Gasteiger partial charge in [-0.3, -0.25) is 9.59 Å². The van der Waals surface area contributed by atoms with Crippen LogP contribution in [0.25, 0.3) is 0 Å². The Morgan fingerprint density at radius 2 is 1.84 bits per heavy atom. The first-order chi connectivity index (χ1) is 15.5. The third-order valence-electron chi connectivity index (χ3n) is 6.74. The molecule has 2 aliphatic heterocycles. The van der Waals surface area contributed by atoms with Crippen LogP contribution in [0.1, 0.15) is 41.9 Å². The average Bonchev–Trinajstić information content (AvgIpc) is 3.58. The number of carbonyl (C=O) groups is 2. The minimum absolute atomic E-state index is 0.0225. The molecular weight excluding hydrogens is 407 g/mol. The maximum absolute atomic E-state index is 13.3. The standard InChI is InChI=1S/C26H25FN2O3/c27-21-3-1-2-18(12-21)5-4-17-8-10-20(11-9-17)26-22-14-28(24(31)13-19-6-7-19)15-25(32)29(22)23(26)16-30/h1-3,8-12,19,22-23,26,30H,6-7,13-16H2/t22-,23+,26+/m1/s1. The van der Waals surface area contributed by atoms with Gasteiger partial charge in [0.05, 0.1) is 25.2 Å². The van der Waals surface area contributed by atoms with E-state index in [1.54, 1.807) is 21.9 Å². The highest BCUT2D eigenvalue weighted by Gasteiger charge is 2.54.